The van der Waals surface area contributed by atoms with Crippen LogP contribution in [0.1, 0.15) is 5.56 Å². The highest BCUT2D eigenvalue weighted by atomic mass is 35.5. The Bertz CT molecular complexity index is 657. The molecule has 0 aliphatic carbocycles. The molecule has 2 amide bonds. The van der Waals surface area contributed by atoms with Gasteiger partial charge in [-0.15, -0.1) is 0 Å². The van der Waals surface area contributed by atoms with Crippen molar-refractivity contribution in [1.82, 2.24) is 0 Å². The Morgan fingerprint density at radius 3 is 2.70 bits per heavy atom. The van der Waals surface area contributed by atoms with E-state index in [0.717, 1.165) is 24.3 Å². The summed E-state index contributed by atoms with van der Waals surface area (Å²) >= 11 is 5.87. The number of carbonyl (C=O) groups is 1. The Hall–Kier alpha value is -2.20. The van der Waals surface area contributed by atoms with E-state index in [1.54, 1.807) is 24.3 Å². The number of rotatable bonds is 2. The number of carbonyl (C=O) groups excluding carboxylic acids is 1. The van der Waals surface area contributed by atoms with Gasteiger partial charge in [0.2, 0.25) is 0 Å². The summed E-state index contributed by atoms with van der Waals surface area (Å²) in [6.45, 7) is 0.952. The summed E-state index contributed by atoms with van der Waals surface area (Å²) in [5.41, 5.74) is 3.82. The normalized spacial score (nSPS) is 12.4. The first-order valence-electron chi connectivity index (χ1n) is 6.41. The number of anilines is 3. The first-order valence-corrected chi connectivity index (χ1v) is 6.79. The molecule has 0 radical (unpaired) electrons. The fourth-order valence-corrected chi connectivity index (χ4v) is 2.43. The van der Waals surface area contributed by atoms with Gasteiger partial charge >= 0.3 is 6.03 Å². The van der Waals surface area contributed by atoms with Crippen LogP contribution < -0.4 is 16.0 Å². The number of fused-ring (bicyclic) bond motifs is 1. The zero-order chi connectivity index (χ0) is 13.9. The Labute approximate surface area is 122 Å². The Morgan fingerprint density at radius 2 is 1.90 bits per heavy atom. The predicted octanol–water partition coefficient (Wildman–Crippen LogP) is 3.95. The van der Waals surface area contributed by atoms with E-state index < -0.39 is 0 Å². The molecule has 3 rings (SSSR count). The molecular weight excluding hydrogens is 274 g/mol. The zero-order valence-corrected chi connectivity index (χ0v) is 11.5. The van der Waals surface area contributed by atoms with Crippen LogP contribution in [-0.4, -0.2) is 12.6 Å². The van der Waals surface area contributed by atoms with E-state index in [0.29, 0.717) is 10.7 Å². The smallest absolute Gasteiger partial charge is 0.323 e. The molecule has 0 spiro atoms. The van der Waals surface area contributed by atoms with Crippen LogP contribution in [0.5, 0.6) is 0 Å². The molecule has 5 heteroatoms. The molecule has 0 saturated heterocycles. The average Bonchev–Trinajstić information content (AvgIpc) is 2.86. The molecule has 1 aliphatic heterocycles. The first-order chi connectivity index (χ1) is 9.70. The van der Waals surface area contributed by atoms with E-state index in [-0.39, 0.29) is 6.03 Å². The second kappa shape index (κ2) is 5.43. The molecule has 0 atom stereocenters. The minimum atomic E-state index is -0.279. The van der Waals surface area contributed by atoms with Gasteiger partial charge in [0.15, 0.2) is 0 Å². The van der Waals surface area contributed by atoms with Gasteiger partial charge in [-0.3, -0.25) is 0 Å². The summed E-state index contributed by atoms with van der Waals surface area (Å²) in [5.74, 6) is 0. The van der Waals surface area contributed by atoms with Gasteiger partial charge < -0.3 is 16.0 Å². The predicted molar refractivity (Wildman–Crippen MR) is 82.7 cm³/mol. The van der Waals surface area contributed by atoms with E-state index in [1.807, 2.05) is 18.2 Å². The van der Waals surface area contributed by atoms with Crippen molar-refractivity contribution in [2.24, 2.45) is 0 Å². The highest BCUT2D eigenvalue weighted by molar-refractivity contribution is 6.30. The summed E-state index contributed by atoms with van der Waals surface area (Å²) in [6, 6.07) is 12.6. The Kier molecular flexibility index (Phi) is 3.48. The second-order valence-corrected chi connectivity index (χ2v) is 5.07. The number of hydrogen-bond acceptors (Lipinski definition) is 2. The van der Waals surface area contributed by atoms with Crippen molar-refractivity contribution in [2.45, 2.75) is 6.42 Å². The summed E-state index contributed by atoms with van der Waals surface area (Å²) in [6.07, 6.45) is 0.987. The summed E-state index contributed by atoms with van der Waals surface area (Å²) < 4.78 is 0. The van der Waals surface area contributed by atoms with E-state index in [4.69, 9.17) is 11.6 Å². The fourth-order valence-electron chi connectivity index (χ4n) is 2.24. The SMILES string of the molecule is O=C(Nc1cccc(Cl)c1)Nc1ccc2c(c1)CCN2. The van der Waals surface area contributed by atoms with Crippen molar-refractivity contribution in [3.05, 3.63) is 53.1 Å². The number of benzene rings is 2. The maximum atomic E-state index is 11.9. The number of amides is 2. The van der Waals surface area contributed by atoms with Crippen molar-refractivity contribution in [2.75, 3.05) is 22.5 Å². The van der Waals surface area contributed by atoms with Gasteiger partial charge in [0, 0.05) is 28.6 Å². The van der Waals surface area contributed by atoms with Crippen LogP contribution in [0.15, 0.2) is 42.5 Å². The van der Waals surface area contributed by atoms with Crippen molar-refractivity contribution >= 4 is 34.7 Å². The third-order valence-electron chi connectivity index (χ3n) is 3.16. The maximum Gasteiger partial charge on any atom is 0.323 e. The highest BCUT2D eigenvalue weighted by Crippen LogP contribution is 2.25. The second-order valence-electron chi connectivity index (χ2n) is 4.64. The van der Waals surface area contributed by atoms with Crippen LogP contribution in [0.2, 0.25) is 5.02 Å². The molecular formula is C15H14ClN3O. The van der Waals surface area contributed by atoms with Crippen molar-refractivity contribution in [1.29, 1.82) is 0 Å². The topological polar surface area (TPSA) is 53.2 Å². The van der Waals surface area contributed by atoms with Gasteiger partial charge in [0.05, 0.1) is 0 Å². The van der Waals surface area contributed by atoms with Crippen LogP contribution in [0.25, 0.3) is 0 Å². The third kappa shape index (κ3) is 2.86. The lowest BCUT2D eigenvalue weighted by Crippen LogP contribution is -2.19. The highest BCUT2D eigenvalue weighted by Gasteiger charge is 2.11. The maximum absolute atomic E-state index is 11.9. The molecule has 2 aromatic carbocycles. The van der Waals surface area contributed by atoms with Gasteiger partial charge in [-0.1, -0.05) is 17.7 Å². The van der Waals surface area contributed by atoms with Crippen LogP contribution >= 0.6 is 11.6 Å². The van der Waals surface area contributed by atoms with Crippen molar-refractivity contribution < 1.29 is 4.79 Å². The van der Waals surface area contributed by atoms with Crippen LogP contribution in [0.4, 0.5) is 21.9 Å². The lowest BCUT2D eigenvalue weighted by molar-refractivity contribution is 0.262. The van der Waals surface area contributed by atoms with Crippen molar-refractivity contribution in [3.63, 3.8) is 0 Å². The van der Waals surface area contributed by atoms with E-state index in [9.17, 15) is 4.79 Å². The average molecular weight is 288 g/mol. The quantitative estimate of drug-likeness (QED) is 0.783. The first kappa shape index (κ1) is 12.8. The van der Waals surface area contributed by atoms with Gasteiger partial charge in [-0.25, -0.2) is 4.79 Å². The monoisotopic (exact) mass is 287 g/mol. The van der Waals surface area contributed by atoms with Crippen molar-refractivity contribution in [3.8, 4) is 0 Å². The number of hydrogen-bond donors (Lipinski definition) is 3. The van der Waals surface area contributed by atoms with Gasteiger partial charge in [0.1, 0.15) is 0 Å². The molecule has 2 aromatic rings. The lowest BCUT2D eigenvalue weighted by Gasteiger charge is -2.09. The summed E-state index contributed by atoms with van der Waals surface area (Å²) in [7, 11) is 0. The van der Waals surface area contributed by atoms with E-state index >= 15 is 0 Å². The van der Waals surface area contributed by atoms with Crippen LogP contribution in [0.3, 0.4) is 0 Å². The summed E-state index contributed by atoms with van der Waals surface area (Å²) in [4.78, 5) is 11.9. The van der Waals surface area contributed by atoms with Gasteiger partial charge in [0.25, 0.3) is 0 Å². The molecule has 0 unspecified atom stereocenters. The number of nitrogens with one attached hydrogen (secondary N) is 3. The molecule has 20 heavy (non-hydrogen) atoms. The standard InChI is InChI=1S/C15H14ClN3O/c16-11-2-1-3-12(9-11)18-15(20)19-13-4-5-14-10(8-13)6-7-17-14/h1-5,8-9,17H,6-7H2,(H2,18,19,20). The molecule has 4 nitrogen and oxygen atoms in total. The third-order valence-corrected chi connectivity index (χ3v) is 3.39. The zero-order valence-electron chi connectivity index (χ0n) is 10.7. The molecule has 0 saturated carbocycles. The fraction of sp³-hybridized carbons (Fsp3) is 0.133. The molecule has 1 aliphatic rings. The van der Waals surface area contributed by atoms with Crippen LogP contribution in [0, 0.1) is 0 Å². The molecule has 0 bridgehead atoms. The molecule has 0 aromatic heterocycles. The Balaban J connectivity index is 1.67. The minimum absolute atomic E-state index is 0.279. The molecule has 1 heterocycles. The molecule has 0 fully saturated rings. The van der Waals surface area contributed by atoms with Gasteiger partial charge in [-0.05, 0) is 48.4 Å². The van der Waals surface area contributed by atoms with Gasteiger partial charge in [-0.2, -0.15) is 0 Å². The minimum Gasteiger partial charge on any atom is -0.384 e. The number of halogens is 1. The largest absolute Gasteiger partial charge is 0.384 e. The van der Waals surface area contributed by atoms with E-state index in [1.165, 1.54) is 5.56 Å². The number of urea groups is 1. The molecule has 102 valence electrons. The molecule has 3 N–H and O–H groups in total. The Morgan fingerprint density at radius 1 is 1.10 bits per heavy atom. The lowest BCUT2D eigenvalue weighted by atomic mass is 10.1. The van der Waals surface area contributed by atoms with E-state index in [2.05, 4.69) is 16.0 Å². The van der Waals surface area contributed by atoms with Crippen LogP contribution in [-0.2, 0) is 6.42 Å². The summed E-state index contributed by atoms with van der Waals surface area (Å²) in [5, 5.41) is 9.44.